The molecule has 1 N–H and O–H groups in total. The van der Waals surface area contributed by atoms with Crippen LogP contribution in [0.2, 0.25) is 0 Å². The van der Waals surface area contributed by atoms with Gasteiger partial charge in [-0.2, -0.15) is 0 Å². The van der Waals surface area contributed by atoms with Gasteiger partial charge in [0.05, 0.1) is 0 Å². The smallest absolute Gasteiger partial charge is 0.225 e. The molecule has 3 rings (SSSR count). The Kier molecular flexibility index (Phi) is 2.01. The molecule has 0 aromatic rings. The zero-order valence-corrected chi connectivity index (χ0v) is 8.54. The summed E-state index contributed by atoms with van der Waals surface area (Å²) in [5, 5.41) is 3.31. The zero-order valence-electron chi connectivity index (χ0n) is 8.54. The van der Waals surface area contributed by atoms with Gasteiger partial charge in [-0.25, -0.2) is 0 Å². The number of nitrogens with one attached hydrogen (secondary N) is 1. The fourth-order valence-corrected chi connectivity index (χ4v) is 2.91. The molecule has 0 aromatic heterocycles. The molecule has 1 amide bonds. The van der Waals surface area contributed by atoms with Crippen LogP contribution in [0.1, 0.15) is 19.3 Å². The molecule has 2 saturated heterocycles. The van der Waals surface area contributed by atoms with E-state index in [1.165, 1.54) is 6.42 Å². The van der Waals surface area contributed by atoms with Crippen molar-refractivity contribution in [3.05, 3.63) is 0 Å². The van der Waals surface area contributed by atoms with Gasteiger partial charge < -0.3 is 10.2 Å². The first kappa shape index (κ1) is 8.72. The van der Waals surface area contributed by atoms with E-state index in [-0.39, 0.29) is 0 Å². The van der Waals surface area contributed by atoms with Crippen molar-refractivity contribution >= 4 is 5.91 Å². The Bertz CT molecular complexity index is 234. The monoisotopic (exact) mass is 194 g/mol. The van der Waals surface area contributed by atoms with Gasteiger partial charge in [0.15, 0.2) is 0 Å². The normalized spacial score (nSPS) is 37.0. The number of likely N-dealkylation sites (tertiary alicyclic amines) is 1. The van der Waals surface area contributed by atoms with Crippen molar-refractivity contribution < 1.29 is 4.79 Å². The maximum absolute atomic E-state index is 12.1. The third kappa shape index (κ3) is 1.44. The predicted molar refractivity (Wildman–Crippen MR) is 53.8 cm³/mol. The van der Waals surface area contributed by atoms with Crippen molar-refractivity contribution in [1.82, 2.24) is 10.2 Å². The summed E-state index contributed by atoms with van der Waals surface area (Å²) >= 11 is 0. The van der Waals surface area contributed by atoms with E-state index in [4.69, 9.17) is 0 Å². The summed E-state index contributed by atoms with van der Waals surface area (Å²) in [6.45, 7) is 4.18. The van der Waals surface area contributed by atoms with Crippen LogP contribution in [0.3, 0.4) is 0 Å². The molecule has 78 valence electrons. The van der Waals surface area contributed by atoms with Crippen LogP contribution in [0.25, 0.3) is 0 Å². The largest absolute Gasteiger partial charge is 0.342 e. The second kappa shape index (κ2) is 3.23. The van der Waals surface area contributed by atoms with E-state index in [0.717, 1.165) is 50.9 Å². The number of carbonyl (C=O) groups excluding carboxylic acids is 1. The standard InChI is InChI=1S/C11H18N2O/c14-11(8-1-3-12-4-2-8)13-6-9-5-10(9)7-13/h8-10,12H,1-7H2. The van der Waals surface area contributed by atoms with Crippen molar-refractivity contribution in [2.24, 2.45) is 17.8 Å². The maximum atomic E-state index is 12.1. The minimum Gasteiger partial charge on any atom is -0.342 e. The quantitative estimate of drug-likeness (QED) is 0.658. The summed E-state index contributed by atoms with van der Waals surface area (Å²) in [6.07, 6.45) is 3.48. The average molecular weight is 194 g/mol. The van der Waals surface area contributed by atoms with Gasteiger partial charge in [0, 0.05) is 19.0 Å². The molecule has 3 heteroatoms. The lowest BCUT2D eigenvalue weighted by atomic mass is 9.96. The molecule has 3 nitrogen and oxygen atoms in total. The summed E-state index contributed by atoms with van der Waals surface area (Å²) < 4.78 is 0. The lowest BCUT2D eigenvalue weighted by Gasteiger charge is -2.27. The highest BCUT2D eigenvalue weighted by Gasteiger charge is 2.47. The van der Waals surface area contributed by atoms with Crippen molar-refractivity contribution in [2.45, 2.75) is 19.3 Å². The van der Waals surface area contributed by atoms with Crippen molar-refractivity contribution in [1.29, 1.82) is 0 Å². The van der Waals surface area contributed by atoms with Crippen molar-refractivity contribution in [2.75, 3.05) is 26.2 Å². The molecule has 2 aliphatic heterocycles. The van der Waals surface area contributed by atoms with Crippen molar-refractivity contribution in [3.8, 4) is 0 Å². The minimum absolute atomic E-state index is 0.328. The van der Waals surface area contributed by atoms with Crippen LogP contribution in [0.5, 0.6) is 0 Å². The Morgan fingerprint density at radius 2 is 1.79 bits per heavy atom. The first-order chi connectivity index (χ1) is 6.84. The van der Waals surface area contributed by atoms with E-state index in [0.29, 0.717) is 11.8 Å². The Labute approximate surface area is 84.8 Å². The van der Waals surface area contributed by atoms with E-state index in [2.05, 4.69) is 10.2 Å². The molecular formula is C11H18N2O. The van der Waals surface area contributed by atoms with Gasteiger partial charge in [-0.05, 0) is 44.2 Å². The number of piperidine rings is 2. The first-order valence-corrected chi connectivity index (χ1v) is 5.84. The highest BCUT2D eigenvalue weighted by Crippen LogP contribution is 2.45. The second-order valence-corrected chi connectivity index (χ2v) is 5.02. The van der Waals surface area contributed by atoms with Gasteiger partial charge in [0.25, 0.3) is 0 Å². The summed E-state index contributed by atoms with van der Waals surface area (Å²) in [7, 11) is 0. The fraction of sp³-hybridized carbons (Fsp3) is 0.909. The van der Waals surface area contributed by atoms with Gasteiger partial charge in [-0.15, -0.1) is 0 Å². The van der Waals surface area contributed by atoms with Gasteiger partial charge in [0.2, 0.25) is 5.91 Å². The number of amides is 1. The molecule has 1 saturated carbocycles. The molecular weight excluding hydrogens is 176 g/mol. The number of hydrogen-bond donors (Lipinski definition) is 1. The summed E-state index contributed by atoms with van der Waals surface area (Å²) in [5.74, 6) is 2.52. The Morgan fingerprint density at radius 3 is 2.43 bits per heavy atom. The van der Waals surface area contributed by atoms with Crippen LogP contribution >= 0.6 is 0 Å². The van der Waals surface area contributed by atoms with Gasteiger partial charge in [-0.3, -0.25) is 4.79 Å². The zero-order chi connectivity index (χ0) is 9.54. The Balaban J connectivity index is 1.58. The van der Waals surface area contributed by atoms with Crippen LogP contribution < -0.4 is 5.32 Å². The predicted octanol–water partition coefficient (Wildman–Crippen LogP) is 0.464. The van der Waals surface area contributed by atoms with Gasteiger partial charge in [0.1, 0.15) is 0 Å². The summed E-state index contributed by atoms with van der Waals surface area (Å²) in [6, 6.07) is 0. The first-order valence-electron chi connectivity index (χ1n) is 5.84. The molecule has 2 atom stereocenters. The fourth-order valence-electron chi connectivity index (χ4n) is 2.91. The molecule has 0 bridgehead atoms. The summed E-state index contributed by atoms with van der Waals surface area (Å²) in [5.41, 5.74) is 0. The van der Waals surface area contributed by atoms with E-state index < -0.39 is 0 Å². The maximum Gasteiger partial charge on any atom is 0.225 e. The van der Waals surface area contributed by atoms with Crippen molar-refractivity contribution in [3.63, 3.8) is 0 Å². The topological polar surface area (TPSA) is 32.3 Å². The molecule has 2 heterocycles. The van der Waals surface area contributed by atoms with E-state index in [1.807, 2.05) is 0 Å². The van der Waals surface area contributed by atoms with E-state index in [1.54, 1.807) is 0 Å². The van der Waals surface area contributed by atoms with E-state index >= 15 is 0 Å². The third-order valence-electron chi connectivity index (χ3n) is 3.98. The number of carbonyl (C=O) groups is 1. The Morgan fingerprint density at radius 1 is 1.14 bits per heavy atom. The molecule has 2 unspecified atom stereocenters. The van der Waals surface area contributed by atoms with Gasteiger partial charge >= 0.3 is 0 Å². The van der Waals surface area contributed by atoms with Crippen LogP contribution in [0.4, 0.5) is 0 Å². The minimum atomic E-state index is 0.328. The number of rotatable bonds is 1. The highest BCUT2D eigenvalue weighted by atomic mass is 16.2. The highest BCUT2D eigenvalue weighted by molar-refractivity contribution is 5.79. The van der Waals surface area contributed by atoms with Crippen LogP contribution in [-0.4, -0.2) is 37.0 Å². The molecule has 3 fully saturated rings. The lowest BCUT2D eigenvalue weighted by molar-refractivity contribution is -0.135. The molecule has 3 aliphatic rings. The molecule has 0 aromatic carbocycles. The SMILES string of the molecule is O=C(C1CCNCC1)N1CC2CC2C1. The van der Waals surface area contributed by atoms with Crippen LogP contribution in [0, 0.1) is 17.8 Å². The number of hydrogen-bond acceptors (Lipinski definition) is 2. The van der Waals surface area contributed by atoms with Crippen LogP contribution in [-0.2, 0) is 4.79 Å². The number of nitrogens with zero attached hydrogens (tertiary/aromatic N) is 1. The second-order valence-electron chi connectivity index (χ2n) is 5.02. The lowest BCUT2D eigenvalue weighted by Crippen LogP contribution is -2.40. The summed E-state index contributed by atoms with van der Waals surface area (Å²) in [4.78, 5) is 14.2. The van der Waals surface area contributed by atoms with Gasteiger partial charge in [-0.1, -0.05) is 0 Å². The van der Waals surface area contributed by atoms with E-state index in [9.17, 15) is 4.79 Å². The Hall–Kier alpha value is -0.570. The third-order valence-corrected chi connectivity index (χ3v) is 3.98. The van der Waals surface area contributed by atoms with Crippen LogP contribution in [0.15, 0.2) is 0 Å². The molecule has 0 spiro atoms. The number of fused-ring (bicyclic) bond motifs is 1. The average Bonchev–Trinajstić information content (AvgIpc) is 2.86. The molecule has 1 aliphatic carbocycles. The molecule has 14 heavy (non-hydrogen) atoms. The molecule has 0 radical (unpaired) electrons.